The third-order valence-electron chi connectivity index (χ3n) is 4.59. The predicted octanol–water partition coefficient (Wildman–Crippen LogP) is 5.00. The number of ether oxygens (including phenoxy) is 2. The van der Waals surface area contributed by atoms with Gasteiger partial charge in [-0.1, -0.05) is 28.1 Å². The van der Waals surface area contributed by atoms with Gasteiger partial charge in [0, 0.05) is 21.7 Å². The Kier molecular flexibility index (Phi) is 5.07. The lowest BCUT2D eigenvalue weighted by atomic mass is 10.1. The summed E-state index contributed by atoms with van der Waals surface area (Å²) < 4.78 is 11.6. The number of aryl methyl sites for hydroxylation is 1. The lowest BCUT2D eigenvalue weighted by molar-refractivity contribution is 0.101. The van der Waals surface area contributed by atoms with Gasteiger partial charge in [0.05, 0.1) is 22.6 Å². The molecule has 2 heterocycles. The maximum atomic E-state index is 12.9. The summed E-state index contributed by atoms with van der Waals surface area (Å²) in [6.07, 6.45) is 0. The van der Waals surface area contributed by atoms with Crippen molar-refractivity contribution >= 4 is 33.3 Å². The van der Waals surface area contributed by atoms with E-state index < -0.39 is 0 Å². The van der Waals surface area contributed by atoms with Crippen molar-refractivity contribution < 1.29 is 19.1 Å². The molecule has 1 N–H and O–H groups in total. The Morgan fingerprint density at radius 2 is 1.79 bits per heavy atom. The predicted molar refractivity (Wildman–Crippen MR) is 113 cm³/mol. The molecule has 0 bridgehead atoms. The van der Waals surface area contributed by atoms with E-state index in [2.05, 4.69) is 26.2 Å². The summed E-state index contributed by atoms with van der Waals surface area (Å²) in [6.45, 7) is 3.30. The van der Waals surface area contributed by atoms with Gasteiger partial charge in [-0.15, -0.1) is 0 Å². The summed E-state index contributed by atoms with van der Waals surface area (Å²) >= 11 is 3.45. The number of Topliss-reactive ketones (excluding diaryl/α,β-unsaturated/α-hetero) is 1. The first-order chi connectivity index (χ1) is 13.9. The summed E-state index contributed by atoms with van der Waals surface area (Å²) in [5.74, 6) is 0.449. The summed E-state index contributed by atoms with van der Waals surface area (Å²) in [5.41, 5.74) is 3.47. The van der Waals surface area contributed by atoms with Gasteiger partial charge in [-0.05, 0) is 44.2 Å². The fraction of sp³-hybridized carbons (Fsp3) is 0.136. The van der Waals surface area contributed by atoms with E-state index in [1.54, 1.807) is 31.2 Å². The zero-order valence-electron chi connectivity index (χ0n) is 15.8. The molecule has 2 aromatic carbocycles. The maximum absolute atomic E-state index is 12.9. The molecule has 29 heavy (non-hydrogen) atoms. The van der Waals surface area contributed by atoms with E-state index in [1.807, 2.05) is 24.3 Å². The van der Waals surface area contributed by atoms with Gasteiger partial charge >= 0.3 is 0 Å². The van der Waals surface area contributed by atoms with Crippen molar-refractivity contribution in [2.75, 3.05) is 12.1 Å². The number of amides is 1. The highest BCUT2D eigenvalue weighted by atomic mass is 79.9. The van der Waals surface area contributed by atoms with Crippen LogP contribution in [0, 0.1) is 6.92 Å². The van der Waals surface area contributed by atoms with Gasteiger partial charge < -0.3 is 14.8 Å². The first-order valence-electron chi connectivity index (χ1n) is 8.92. The number of nitrogens with one attached hydrogen (secondary N) is 1. The standard InChI is InChI=1S/C22H17BrN2O4/c1-12-16(6-7-18(24-12)14-4-3-5-15(23)8-14)22(27)25-19-10-21-20(28-11-29-21)9-17(19)13(2)26/h3-10H,11H2,1-2H3,(H,25,27). The van der Waals surface area contributed by atoms with Crippen molar-refractivity contribution in [1.29, 1.82) is 0 Å². The van der Waals surface area contributed by atoms with Gasteiger partial charge in [0.25, 0.3) is 5.91 Å². The maximum Gasteiger partial charge on any atom is 0.257 e. The number of rotatable bonds is 4. The van der Waals surface area contributed by atoms with E-state index in [4.69, 9.17) is 9.47 Å². The number of halogens is 1. The molecule has 0 spiro atoms. The lowest BCUT2D eigenvalue weighted by Gasteiger charge is -2.12. The van der Waals surface area contributed by atoms with Gasteiger partial charge in [-0.2, -0.15) is 0 Å². The summed E-state index contributed by atoms with van der Waals surface area (Å²) in [7, 11) is 0. The van der Waals surface area contributed by atoms with Crippen LogP contribution < -0.4 is 14.8 Å². The highest BCUT2D eigenvalue weighted by Crippen LogP contribution is 2.37. The number of carbonyl (C=O) groups is 2. The molecule has 1 aromatic heterocycles. The van der Waals surface area contributed by atoms with Crippen LogP contribution in [0.15, 0.2) is 53.0 Å². The molecule has 3 aromatic rings. The number of benzene rings is 2. The van der Waals surface area contributed by atoms with Crippen LogP contribution in [0.3, 0.4) is 0 Å². The quantitative estimate of drug-likeness (QED) is 0.563. The number of aromatic nitrogens is 1. The molecule has 0 saturated heterocycles. The molecular formula is C22H17BrN2O4. The highest BCUT2D eigenvalue weighted by Gasteiger charge is 2.21. The number of anilines is 1. The molecule has 1 aliphatic heterocycles. The van der Waals surface area contributed by atoms with Gasteiger partial charge in [-0.3, -0.25) is 14.6 Å². The Morgan fingerprint density at radius 1 is 1.03 bits per heavy atom. The monoisotopic (exact) mass is 452 g/mol. The molecule has 4 rings (SSSR count). The van der Waals surface area contributed by atoms with Crippen molar-refractivity contribution in [3.8, 4) is 22.8 Å². The molecule has 0 radical (unpaired) electrons. The first kappa shape index (κ1) is 19.1. The van der Waals surface area contributed by atoms with E-state index in [0.29, 0.717) is 34.0 Å². The topological polar surface area (TPSA) is 77.5 Å². The average Bonchev–Trinajstić information content (AvgIpc) is 3.14. The minimum absolute atomic E-state index is 0.0875. The SMILES string of the molecule is CC(=O)c1cc2c(cc1NC(=O)c1ccc(-c3cccc(Br)c3)nc1C)OCO2. The number of pyridine rings is 1. The van der Waals surface area contributed by atoms with E-state index in [1.165, 1.54) is 6.92 Å². The van der Waals surface area contributed by atoms with Crippen molar-refractivity contribution in [3.05, 3.63) is 69.8 Å². The van der Waals surface area contributed by atoms with Crippen LogP contribution in [-0.2, 0) is 0 Å². The fourth-order valence-corrected chi connectivity index (χ4v) is 3.54. The zero-order chi connectivity index (χ0) is 20.5. The normalized spacial score (nSPS) is 12.0. The average molecular weight is 453 g/mol. The van der Waals surface area contributed by atoms with Crippen molar-refractivity contribution in [1.82, 2.24) is 4.98 Å². The molecule has 7 heteroatoms. The van der Waals surface area contributed by atoms with E-state index in [9.17, 15) is 9.59 Å². The third-order valence-corrected chi connectivity index (χ3v) is 5.08. The van der Waals surface area contributed by atoms with Crippen LogP contribution in [0.4, 0.5) is 5.69 Å². The summed E-state index contributed by atoms with van der Waals surface area (Å²) in [4.78, 5) is 29.5. The Morgan fingerprint density at radius 3 is 2.48 bits per heavy atom. The fourth-order valence-electron chi connectivity index (χ4n) is 3.14. The molecule has 6 nitrogen and oxygen atoms in total. The Labute approximate surface area is 176 Å². The van der Waals surface area contributed by atoms with Crippen LogP contribution in [0.1, 0.15) is 33.3 Å². The second kappa shape index (κ2) is 7.67. The number of carbonyl (C=O) groups excluding carboxylic acids is 2. The minimum atomic E-state index is -0.350. The molecule has 1 aliphatic rings. The Balaban J connectivity index is 1.63. The molecule has 0 fully saturated rings. The molecular weight excluding hydrogens is 436 g/mol. The van der Waals surface area contributed by atoms with Crippen molar-refractivity contribution in [2.24, 2.45) is 0 Å². The van der Waals surface area contributed by atoms with Gasteiger partial charge in [-0.25, -0.2) is 0 Å². The minimum Gasteiger partial charge on any atom is -0.454 e. The number of fused-ring (bicyclic) bond motifs is 1. The van der Waals surface area contributed by atoms with Gasteiger partial charge in [0.15, 0.2) is 17.3 Å². The van der Waals surface area contributed by atoms with Crippen LogP contribution in [0.2, 0.25) is 0 Å². The van der Waals surface area contributed by atoms with E-state index >= 15 is 0 Å². The Bertz CT molecular complexity index is 1140. The van der Waals surface area contributed by atoms with Crippen molar-refractivity contribution in [2.45, 2.75) is 13.8 Å². The smallest absolute Gasteiger partial charge is 0.257 e. The highest BCUT2D eigenvalue weighted by molar-refractivity contribution is 9.10. The molecule has 0 aliphatic carbocycles. The number of hydrogen-bond donors (Lipinski definition) is 1. The Hall–Kier alpha value is -3.19. The largest absolute Gasteiger partial charge is 0.454 e. The molecule has 0 atom stereocenters. The van der Waals surface area contributed by atoms with E-state index in [-0.39, 0.29) is 18.5 Å². The van der Waals surface area contributed by atoms with Crippen LogP contribution in [0.25, 0.3) is 11.3 Å². The second-order valence-electron chi connectivity index (χ2n) is 6.60. The van der Waals surface area contributed by atoms with Gasteiger partial charge in [0.2, 0.25) is 6.79 Å². The van der Waals surface area contributed by atoms with Gasteiger partial charge in [0.1, 0.15) is 0 Å². The number of nitrogens with zero attached hydrogens (tertiary/aromatic N) is 1. The lowest BCUT2D eigenvalue weighted by Crippen LogP contribution is -2.16. The number of hydrogen-bond acceptors (Lipinski definition) is 5. The zero-order valence-corrected chi connectivity index (χ0v) is 17.4. The molecule has 0 unspecified atom stereocenters. The first-order valence-corrected chi connectivity index (χ1v) is 9.71. The summed E-state index contributed by atoms with van der Waals surface area (Å²) in [5, 5.41) is 2.80. The molecule has 0 saturated carbocycles. The third kappa shape index (κ3) is 3.86. The van der Waals surface area contributed by atoms with Crippen molar-refractivity contribution in [3.63, 3.8) is 0 Å². The van der Waals surface area contributed by atoms with Crippen LogP contribution in [-0.4, -0.2) is 23.5 Å². The number of ketones is 1. The second-order valence-corrected chi connectivity index (χ2v) is 7.52. The summed E-state index contributed by atoms with van der Waals surface area (Å²) in [6, 6.07) is 14.5. The molecule has 146 valence electrons. The molecule has 1 amide bonds. The van der Waals surface area contributed by atoms with E-state index in [0.717, 1.165) is 15.7 Å². The van der Waals surface area contributed by atoms with Crippen LogP contribution >= 0.6 is 15.9 Å². The van der Waals surface area contributed by atoms with Crippen LogP contribution in [0.5, 0.6) is 11.5 Å².